The van der Waals surface area contributed by atoms with Crippen molar-refractivity contribution in [1.29, 1.82) is 0 Å². The van der Waals surface area contributed by atoms with Crippen LogP contribution in [0.2, 0.25) is 0 Å². The number of piperidine rings is 1. The summed E-state index contributed by atoms with van der Waals surface area (Å²) in [5.41, 5.74) is 0. The van der Waals surface area contributed by atoms with E-state index in [1.165, 1.54) is 17.8 Å². The molecule has 0 aliphatic carbocycles. The average molecular weight is 253 g/mol. The van der Waals surface area contributed by atoms with Gasteiger partial charge in [0.15, 0.2) is 5.13 Å². The SMILES string of the molecule is CCC1CCN(C(=O)c2cnc(NC)s2)CC1. The molecule has 1 fully saturated rings. The fourth-order valence-corrected chi connectivity index (χ4v) is 2.93. The third-order valence-electron chi connectivity index (χ3n) is 3.41. The summed E-state index contributed by atoms with van der Waals surface area (Å²) in [6, 6.07) is 0. The Morgan fingerprint density at radius 1 is 1.59 bits per heavy atom. The van der Waals surface area contributed by atoms with E-state index in [4.69, 9.17) is 0 Å². The molecule has 0 spiro atoms. The standard InChI is InChI=1S/C12H19N3OS/c1-3-9-4-6-15(7-5-9)11(16)10-8-14-12(13-2)17-10/h8-9H,3-7H2,1-2H3,(H,13,14). The molecule has 1 N–H and O–H groups in total. The molecule has 0 bridgehead atoms. The minimum atomic E-state index is 0.138. The maximum atomic E-state index is 12.2. The highest BCUT2D eigenvalue weighted by Crippen LogP contribution is 2.24. The number of hydrogen-bond acceptors (Lipinski definition) is 4. The number of anilines is 1. The normalized spacial score (nSPS) is 17.2. The van der Waals surface area contributed by atoms with E-state index in [1.54, 1.807) is 6.20 Å². The molecule has 1 aliphatic rings. The van der Waals surface area contributed by atoms with Crippen LogP contribution >= 0.6 is 11.3 Å². The minimum absolute atomic E-state index is 0.138. The van der Waals surface area contributed by atoms with Gasteiger partial charge in [0.1, 0.15) is 4.88 Å². The quantitative estimate of drug-likeness (QED) is 0.900. The summed E-state index contributed by atoms with van der Waals surface area (Å²) in [5, 5.41) is 3.76. The molecule has 0 unspecified atom stereocenters. The number of thiazole rings is 1. The molecule has 1 saturated heterocycles. The highest BCUT2D eigenvalue weighted by molar-refractivity contribution is 7.17. The van der Waals surface area contributed by atoms with Crippen molar-refractivity contribution in [2.75, 3.05) is 25.5 Å². The lowest BCUT2D eigenvalue weighted by Gasteiger charge is -2.31. The van der Waals surface area contributed by atoms with Gasteiger partial charge in [-0.3, -0.25) is 4.79 Å². The van der Waals surface area contributed by atoms with Crippen molar-refractivity contribution in [2.24, 2.45) is 5.92 Å². The van der Waals surface area contributed by atoms with E-state index in [0.29, 0.717) is 0 Å². The molecule has 17 heavy (non-hydrogen) atoms. The summed E-state index contributed by atoms with van der Waals surface area (Å²) in [7, 11) is 1.82. The van der Waals surface area contributed by atoms with Gasteiger partial charge in [-0.05, 0) is 18.8 Å². The lowest BCUT2D eigenvalue weighted by molar-refractivity contribution is 0.0693. The van der Waals surface area contributed by atoms with Gasteiger partial charge in [0.2, 0.25) is 0 Å². The second-order valence-corrected chi connectivity index (χ2v) is 5.45. The molecular formula is C12H19N3OS. The molecule has 0 aromatic carbocycles. The van der Waals surface area contributed by atoms with E-state index in [0.717, 1.165) is 41.9 Å². The van der Waals surface area contributed by atoms with Gasteiger partial charge >= 0.3 is 0 Å². The monoisotopic (exact) mass is 253 g/mol. The third-order valence-corrected chi connectivity index (χ3v) is 4.41. The molecule has 0 saturated carbocycles. The van der Waals surface area contributed by atoms with Crippen LogP contribution in [0.5, 0.6) is 0 Å². The van der Waals surface area contributed by atoms with Crippen LogP contribution in [-0.2, 0) is 0 Å². The summed E-state index contributed by atoms with van der Waals surface area (Å²) >= 11 is 1.43. The van der Waals surface area contributed by atoms with E-state index < -0.39 is 0 Å². The summed E-state index contributed by atoms with van der Waals surface area (Å²) in [4.78, 5) is 19.0. The van der Waals surface area contributed by atoms with Crippen molar-refractivity contribution in [3.05, 3.63) is 11.1 Å². The highest BCUT2D eigenvalue weighted by atomic mass is 32.1. The molecule has 2 heterocycles. The van der Waals surface area contributed by atoms with Gasteiger partial charge in [0.05, 0.1) is 6.20 Å². The van der Waals surface area contributed by atoms with Crippen molar-refractivity contribution in [3.8, 4) is 0 Å². The number of carbonyl (C=O) groups is 1. The Kier molecular flexibility index (Phi) is 3.99. The van der Waals surface area contributed by atoms with E-state index in [-0.39, 0.29) is 5.91 Å². The summed E-state index contributed by atoms with van der Waals surface area (Å²) in [6.07, 6.45) is 5.18. The van der Waals surface area contributed by atoms with Crippen LogP contribution in [0.1, 0.15) is 35.9 Å². The van der Waals surface area contributed by atoms with E-state index in [9.17, 15) is 4.79 Å². The second kappa shape index (κ2) is 5.49. The first kappa shape index (κ1) is 12.4. The first-order valence-corrected chi connectivity index (χ1v) is 6.99. The van der Waals surface area contributed by atoms with Gasteiger partial charge < -0.3 is 10.2 Å². The highest BCUT2D eigenvalue weighted by Gasteiger charge is 2.23. The Hall–Kier alpha value is -1.10. The van der Waals surface area contributed by atoms with Gasteiger partial charge in [-0.2, -0.15) is 0 Å². The summed E-state index contributed by atoms with van der Waals surface area (Å²) in [5.74, 6) is 0.937. The zero-order valence-corrected chi connectivity index (χ0v) is 11.2. The van der Waals surface area contributed by atoms with Crippen LogP contribution in [0.3, 0.4) is 0 Å². The van der Waals surface area contributed by atoms with Crippen LogP contribution in [0, 0.1) is 5.92 Å². The molecule has 1 aliphatic heterocycles. The Bertz CT molecular complexity index is 383. The molecular weight excluding hydrogens is 234 g/mol. The van der Waals surface area contributed by atoms with E-state index in [2.05, 4.69) is 17.2 Å². The van der Waals surface area contributed by atoms with Crippen LogP contribution in [0.15, 0.2) is 6.20 Å². The Labute approximate surface area is 106 Å². The van der Waals surface area contributed by atoms with Crippen LogP contribution < -0.4 is 5.32 Å². The Morgan fingerprint density at radius 3 is 2.82 bits per heavy atom. The number of carbonyl (C=O) groups excluding carboxylic acids is 1. The second-order valence-electron chi connectivity index (χ2n) is 4.42. The van der Waals surface area contributed by atoms with Crippen LogP contribution in [-0.4, -0.2) is 35.9 Å². The number of rotatable bonds is 3. The van der Waals surface area contributed by atoms with Crippen molar-refractivity contribution in [2.45, 2.75) is 26.2 Å². The largest absolute Gasteiger partial charge is 0.365 e. The van der Waals surface area contributed by atoms with Gasteiger partial charge in [-0.15, -0.1) is 0 Å². The Balaban J connectivity index is 1.96. The van der Waals surface area contributed by atoms with Crippen LogP contribution in [0.25, 0.3) is 0 Å². The van der Waals surface area contributed by atoms with Gasteiger partial charge in [-0.1, -0.05) is 24.7 Å². The molecule has 1 amide bonds. The van der Waals surface area contributed by atoms with Crippen LogP contribution in [0.4, 0.5) is 5.13 Å². The lowest BCUT2D eigenvalue weighted by Crippen LogP contribution is -2.38. The number of likely N-dealkylation sites (tertiary alicyclic amines) is 1. The predicted octanol–water partition coefficient (Wildman–Crippen LogP) is 2.45. The molecule has 94 valence electrons. The first-order valence-electron chi connectivity index (χ1n) is 6.17. The van der Waals surface area contributed by atoms with Crippen molar-refractivity contribution in [3.63, 3.8) is 0 Å². The number of aromatic nitrogens is 1. The molecule has 1 aromatic heterocycles. The van der Waals surface area contributed by atoms with Crippen molar-refractivity contribution < 1.29 is 4.79 Å². The zero-order chi connectivity index (χ0) is 12.3. The fraction of sp³-hybridized carbons (Fsp3) is 0.667. The average Bonchev–Trinajstić information content (AvgIpc) is 2.87. The summed E-state index contributed by atoms with van der Waals surface area (Å²) < 4.78 is 0. The number of nitrogens with one attached hydrogen (secondary N) is 1. The smallest absolute Gasteiger partial charge is 0.265 e. The first-order chi connectivity index (χ1) is 8.24. The molecule has 5 heteroatoms. The maximum absolute atomic E-state index is 12.2. The fourth-order valence-electron chi connectivity index (χ4n) is 2.19. The maximum Gasteiger partial charge on any atom is 0.265 e. The van der Waals surface area contributed by atoms with E-state index in [1.807, 2.05) is 11.9 Å². The van der Waals surface area contributed by atoms with Gasteiger partial charge in [-0.25, -0.2) is 4.98 Å². The predicted molar refractivity (Wildman–Crippen MR) is 70.6 cm³/mol. The number of amides is 1. The molecule has 1 aromatic rings. The number of nitrogens with zero attached hydrogens (tertiary/aromatic N) is 2. The minimum Gasteiger partial charge on any atom is -0.365 e. The zero-order valence-electron chi connectivity index (χ0n) is 10.4. The topological polar surface area (TPSA) is 45.2 Å². The van der Waals surface area contributed by atoms with Crippen molar-refractivity contribution in [1.82, 2.24) is 9.88 Å². The molecule has 0 atom stereocenters. The lowest BCUT2D eigenvalue weighted by atomic mass is 9.94. The Morgan fingerprint density at radius 2 is 2.29 bits per heavy atom. The molecule has 0 radical (unpaired) electrons. The van der Waals surface area contributed by atoms with E-state index >= 15 is 0 Å². The summed E-state index contributed by atoms with van der Waals surface area (Å²) in [6.45, 7) is 4.01. The molecule has 4 nitrogen and oxygen atoms in total. The van der Waals surface area contributed by atoms with Gasteiger partial charge in [0.25, 0.3) is 5.91 Å². The molecule has 2 rings (SSSR count). The number of hydrogen-bond donors (Lipinski definition) is 1. The van der Waals surface area contributed by atoms with Crippen molar-refractivity contribution >= 4 is 22.4 Å². The third kappa shape index (κ3) is 2.77. The van der Waals surface area contributed by atoms with Gasteiger partial charge in [0, 0.05) is 20.1 Å².